The Kier molecular flexibility index (Phi) is 2.33. The molecule has 0 fully saturated rings. The fourth-order valence-electron chi connectivity index (χ4n) is 1.22. The number of ether oxygens (including phenoxy) is 1. The molecule has 0 atom stereocenters. The van der Waals surface area contributed by atoms with Crippen LogP contribution in [0.5, 0.6) is 5.75 Å². The lowest BCUT2D eigenvalue weighted by atomic mass is 10.2. The van der Waals surface area contributed by atoms with E-state index in [-0.39, 0.29) is 0 Å². The van der Waals surface area contributed by atoms with Crippen molar-refractivity contribution in [3.05, 3.63) is 35.6 Å². The van der Waals surface area contributed by atoms with E-state index in [0.717, 1.165) is 10.8 Å². The van der Waals surface area contributed by atoms with Gasteiger partial charge in [0.15, 0.2) is 0 Å². The minimum absolute atomic E-state index is 0.393. The van der Waals surface area contributed by atoms with Gasteiger partial charge in [0, 0.05) is 11.6 Å². The molecule has 3 nitrogen and oxygen atoms in total. The second-order valence-corrected chi connectivity index (χ2v) is 3.12. The molecule has 70 valence electrons. The molecule has 0 aliphatic carbocycles. The third kappa shape index (κ3) is 1.67. The van der Waals surface area contributed by atoms with Gasteiger partial charge in [-0.1, -0.05) is 11.6 Å². The van der Waals surface area contributed by atoms with Gasteiger partial charge >= 0.3 is 0 Å². The number of hydrogen-bond donors (Lipinski definition) is 0. The van der Waals surface area contributed by atoms with E-state index in [0.29, 0.717) is 17.4 Å². The third-order valence-corrected chi connectivity index (χ3v) is 2.05. The van der Waals surface area contributed by atoms with Gasteiger partial charge in [0.2, 0.25) is 0 Å². The Hall–Kier alpha value is -1.61. The van der Waals surface area contributed by atoms with Gasteiger partial charge in [-0.05, 0) is 29.7 Å². The Balaban J connectivity index is 2.57. The monoisotopic (exact) mass is 207 g/mol. The van der Waals surface area contributed by atoms with E-state index in [2.05, 4.69) is 4.98 Å². The maximum absolute atomic E-state index is 10.1. The predicted molar refractivity (Wildman–Crippen MR) is 53.4 cm³/mol. The molecule has 14 heavy (non-hydrogen) atoms. The molecule has 1 aromatic heterocycles. The summed E-state index contributed by atoms with van der Waals surface area (Å²) in [7, 11) is 0. The van der Waals surface area contributed by atoms with Crippen molar-refractivity contribution in [1.82, 2.24) is 4.98 Å². The van der Waals surface area contributed by atoms with E-state index in [4.69, 9.17) is 16.3 Å². The van der Waals surface area contributed by atoms with Crippen LogP contribution in [0.2, 0.25) is 5.15 Å². The highest BCUT2D eigenvalue weighted by molar-refractivity contribution is 6.30. The second-order valence-electron chi connectivity index (χ2n) is 2.73. The summed E-state index contributed by atoms with van der Waals surface area (Å²) in [4.78, 5) is 14.1. The molecule has 0 spiro atoms. The largest absolute Gasteiger partial charge is 0.429 e. The van der Waals surface area contributed by atoms with Gasteiger partial charge in [-0.15, -0.1) is 0 Å². The maximum Gasteiger partial charge on any atom is 0.298 e. The average Bonchev–Trinajstić information content (AvgIpc) is 2.17. The first kappa shape index (κ1) is 8.97. The molecule has 0 unspecified atom stereocenters. The van der Waals surface area contributed by atoms with Gasteiger partial charge in [0.25, 0.3) is 6.47 Å². The smallest absolute Gasteiger partial charge is 0.298 e. The van der Waals surface area contributed by atoms with Crippen molar-refractivity contribution in [2.45, 2.75) is 0 Å². The van der Waals surface area contributed by atoms with Crippen molar-refractivity contribution in [2.75, 3.05) is 0 Å². The van der Waals surface area contributed by atoms with Crippen molar-refractivity contribution in [1.29, 1.82) is 0 Å². The van der Waals surface area contributed by atoms with Crippen LogP contribution in [0.15, 0.2) is 30.5 Å². The number of nitrogens with zero attached hydrogens (tertiary/aromatic N) is 1. The fourth-order valence-corrected chi connectivity index (χ4v) is 1.39. The SMILES string of the molecule is O=COc1ccc2cnc(Cl)cc2c1. The third-order valence-electron chi connectivity index (χ3n) is 1.84. The number of fused-ring (bicyclic) bond motifs is 1. The second kappa shape index (κ2) is 3.64. The number of rotatable bonds is 2. The molecular formula is C10H6ClNO2. The van der Waals surface area contributed by atoms with E-state index in [1.807, 2.05) is 6.07 Å². The average molecular weight is 208 g/mol. The van der Waals surface area contributed by atoms with Crippen LogP contribution in [0.4, 0.5) is 0 Å². The Morgan fingerprint density at radius 1 is 1.29 bits per heavy atom. The molecule has 0 aliphatic heterocycles. The van der Waals surface area contributed by atoms with Gasteiger partial charge in [-0.3, -0.25) is 4.79 Å². The standard InChI is InChI=1S/C10H6ClNO2/c11-10-4-8-3-9(14-6-13)2-1-7(8)5-12-10/h1-6H. The summed E-state index contributed by atoms with van der Waals surface area (Å²) in [6, 6.07) is 6.97. The summed E-state index contributed by atoms with van der Waals surface area (Å²) < 4.78 is 4.71. The van der Waals surface area contributed by atoms with Crippen LogP contribution >= 0.6 is 11.6 Å². The predicted octanol–water partition coefficient (Wildman–Crippen LogP) is 2.42. The first-order valence-corrected chi connectivity index (χ1v) is 4.33. The highest BCUT2D eigenvalue weighted by Crippen LogP contribution is 2.21. The molecule has 2 rings (SSSR count). The molecule has 1 heterocycles. The summed E-state index contributed by atoms with van der Waals surface area (Å²) in [5.41, 5.74) is 0. The summed E-state index contributed by atoms with van der Waals surface area (Å²) in [5.74, 6) is 0.495. The number of pyridine rings is 1. The quantitative estimate of drug-likeness (QED) is 0.561. The van der Waals surface area contributed by atoms with Crippen LogP contribution in [0.3, 0.4) is 0 Å². The lowest BCUT2D eigenvalue weighted by Crippen LogP contribution is -1.88. The minimum Gasteiger partial charge on any atom is -0.429 e. The molecule has 0 aliphatic rings. The zero-order chi connectivity index (χ0) is 9.97. The van der Waals surface area contributed by atoms with Gasteiger partial charge in [-0.25, -0.2) is 4.98 Å². The lowest BCUT2D eigenvalue weighted by molar-refractivity contribution is -0.120. The normalized spacial score (nSPS) is 10.1. The van der Waals surface area contributed by atoms with E-state index in [1.165, 1.54) is 0 Å². The summed E-state index contributed by atoms with van der Waals surface area (Å²) >= 11 is 5.73. The van der Waals surface area contributed by atoms with Crippen LogP contribution in [-0.2, 0) is 4.79 Å². The van der Waals surface area contributed by atoms with E-state index in [9.17, 15) is 4.79 Å². The molecular weight excluding hydrogens is 202 g/mol. The minimum atomic E-state index is 0.393. The van der Waals surface area contributed by atoms with Crippen LogP contribution in [0, 0.1) is 0 Å². The molecule has 4 heteroatoms. The number of carbonyl (C=O) groups excluding carboxylic acids is 1. The number of benzene rings is 1. The van der Waals surface area contributed by atoms with E-state index < -0.39 is 0 Å². The number of carbonyl (C=O) groups is 1. The maximum atomic E-state index is 10.1. The molecule has 0 N–H and O–H groups in total. The lowest BCUT2D eigenvalue weighted by Gasteiger charge is -2.00. The van der Waals surface area contributed by atoms with Crippen molar-refractivity contribution in [3.63, 3.8) is 0 Å². The molecule has 0 amide bonds. The highest BCUT2D eigenvalue weighted by atomic mass is 35.5. The van der Waals surface area contributed by atoms with Crippen LogP contribution < -0.4 is 4.74 Å². The number of halogens is 1. The van der Waals surface area contributed by atoms with Gasteiger partial charge in [0.1, 0.15) is 10.9 Å². The first-order chi connectivity index (χ1) is 6.79. The molecule has 0 saturated heterocycles. The highest BCUT2D eigenvalue weighted by Gasteiger charge is 1.98. The van der Waals surface area contributed by atoms with Crippen LogP contribution in [-0.4, -0.2) is 11.5 Å². The van der Waals surface area contributed by atoms with Gasteiger partial charge in [0.05, 0.1) is 0 Å². The van der Waals surface area contributed by atoms with Gasteiger partial charge < -0.3 is 4.74 Å². The Morgan fingerprint density at radius 3 is 2.93 bits per heavy atom. The van der Waals surface area contributed by atoms with E-state index >= 15 is 0 Å². The molecule has 0 saturated carbocycles. The molecule has 0 radical (unpaired) electrons. The Bertz CT molecular complexity index is 485. The fraction of sp³-hybridized carbons (Fsp3) is 0. The Morgan fingerprint density at radius 2 is 2.14 bits per heavy atom. The van der Waals surface area contributed by atoms with Crippen LogP contribution in [0.1, 0.15) is 0 Å². The zero-order valence-corrected chi connectivity index (χ0v) is 7.86. The van der Waals surface area contributed by atoms with Crippen LogP contribution in [0.25, 0.3) is 10.8 Å². The van der Waals surface area contributed by atoms with E-state index in [1.54, 1.807) is 24.4 Å². The Labute approximate surface area is 85.3 Å². The van der Waals surface area contributed by atoms with Crippen molar-refractivity contribution >= 4 is 28.8 Å². The van der Waals surface area contributed by atoms with Crippen molar-refractivity contribution < 1.29 is 9.53 Å². The first-order valence-electron chi connectivity index (χ1n) is 3.95. The van der Waals surface area contributed by atoms with Gasteiger partial charge in [-0.2, -0.15) is 0 Å². The molecule has 0 bridgehead atoms. The summed E-state index contributed by atoms with van der Waals surface area (Å²) in [5, 5.41) is 2.26. The summed E-state index contributed by atoms with van der Waals surface area (Å²) in [6.45, 7) is 0.393. The topological polar surface area (TPSA) is 39.2 Å². The summed E-state index contributed by atoms with van der Waals surface area (Å²) in [6.07, 6.45) is 1.67. The number of hydrogen-bond acceptors (Lipinski definition) is 3. The zero-order valence-electron chi connectivity index (χ0n) is 7.11. The molecule has 2 aromatic rings. The van der Waals surface area contributed by atoms with Crippen molar-refractivity contribution in [3.8, 4) is 5.75 Å². The van der Waals surface area contributed by atoms with Crippen molar-refractivity contribution in [2.24, 2.45) is 0 Å². The number of aromatic nitrogens is 1. The molecule has 1 aromatic carbocycles.